The van der Waals surface area contributed by atoms with E-state index in [-0.39, 0.29) is 6.04 Å². The fourth-order valence-corrected chi connectivity index (χ4v) is 3.32. The lowest BCUT2D eigenvalue weighted by Gasteiger charge is -2.28. The van der Waals surface area contributed by atoms with Crippen LogP contribution in [0.5, 0.6) is 5.75 Å². The number of ether oxygens (including phenoxy) is 1. The van der Waals surface area contributed by atoms with Crippen molar-refractivity contribution in [1.82, 2.24) is 10.3 Å². The lowest BCUT2D eigenvalue weighted by Crippen LogP contribution is -2.30. The molecule has 1 N–H and O–H groups in total. The zero-order valence-electron chi connectivity index (χ0n) is 12.5. The summed E-state index contributed by atoms with van der Waals surface area (Å²) in [6.45, 7) is 0.974. The van der Waals surface area contributed by atoms with E-state index in [2.05, 4.69) is 46.7 Å². The number of fused-ring (bicyclic) bond motifs is 2. The Kier molecular flexibility index (Phi) is 3.28. The van der Waals surface area contributed by atoms with E-state index in [1.54, 1.807) is 7.11 Å². The highest BCUT2D eigenvalue weighted by Gasteiger charge is 2.23. The van der Waals surface area contributed by atoms with Crippen LogP contribution in [0, 0.1) is 0 Å². The average molecular weight is 290 g/mol. The Labute approximate surface area is 130 Å². The van der Waals surface area contributed by atoms with Gasteiger partial charge >= 0.3 is 0 Å². The van der Waals surface area contributed by atoms with Crippen LogP contribution >= 0.6 is 0 Å². The average Bonchev–Trinajstić information content (AvgIpc) is 2.60. The lowest BCUT2D eigenvalue weighted by atomic mass is 9.88. The van der Waals surface area contributed by atoms with E-state index in [9.17, 15) is 0 Å². The first-order chi connectivity index (χ1) is 10.9. The number of pyridine rings is 1. The highest BCUT2D eigenvalue weighted by atomic mass is 16.5. The molecule has 3 nitrogen and oxygen atoms in total. The molecule has 0 aliphatic carbocycles. The van der Waals surface area contributed by atoms with E-state index in [0.29, 0.717) is 0 Å². The van der Waals surface area contributed by atoms with E-state index >= 15 is 0 Å². The van der Waals surface area contributed by atoms with Gasteiger partial charge in [0.15, 0.2) is 0 Å². The second-order valence-electron chi connectivity index (χ2n) is 5.62. The van der Waals surface area contributed by atoms with Crippen molar-refractivity contribution in [3.63, 3.8) is 0 Å². The van der Waals surface area contributed by atoms with Crippen LogP contribution in [-0.4, -0.2) is 18.6 Å². The third-order valence-electron chi connectivity index (χ3n) is 4.40. The quantitative estimate of drug-likeness (QED) is 0.784. The Morgan fingerprint density at radius 2 is 2.00 bits per heavy atom. The summed E-state index contributed by atoms with van der Waals surface area (Å²) < 4.78 is 5.36. The van der Waals surface area contributed by atoms with E-state index < -0.39 is 0 Å². The van der Waals surface area contributed by atoms with Crippen LogP contribution in [0.15, 0.2) is 54.7 Å². The number of nitrogens with one attached hydrogen (secondary N) is 1. The van der Waals surface area contributed by atoms with Crippen molar-refractivity contribution in [1.29, 1.82) is 0 Å². The smallest absolute Gasteiger partial charge is 0.119 e. The molecule has 1 aliphatic heterocycles. The summed E-state index contributed by atoms with van der Waals surface area (Å²) in [5, 5.41) is 4.87. The molecule has 0 amide bonds. The summed E-state index contributed by atoms with van der Waals surface area (Å²) in [5.41, 5.74) is 5.03. The maximum Gasteiger partial charge on any atom is 0.119 e. The third kappa shape index (κ3) is 2.14. The van der Waals surface area contributed by atoms with Crippen LogP contribution in [0.2, 0.25) is 0 Å². The molecule has 1 aliphatic rings. The molecule has 1 unspecified atom stereocenters. The molecule has 3 aromatic rings. The highest BCUT2D eigenvalue weighted by molar-refractivity contribution is 5.83. The minimum Gasteiger partial charge on any atom is -0.497 e. The molecule has 0 saturated heterocycles. The monoisotopic (exact) mass is 290 g/mol. The van der Waals surface area contributed by atoms with Gasteiger partial charge in [-0.15, -0.1) is 0 Å². The zero-order valence-corrected chi connectivity index (χ0v) is 12.5. The summed E-state index contributed by atoms with van der Waals surface area (Å²) in [6.07, 6.45) is 2.93. The Bertz CT molecular complexity index is 823. The predicted octanol–water partition coefficient (Wildman–Crippen LogP) is 3.48. The number of aromatic nitrogens is 1. The van der Waals surface area contributed by atoms with Crippen LogP contribution in [0.3, 0.4) is 0 Å². The van der Waals surface area contributed by atoms with Gasteiger partial charge in [0.25, 0.3) is 0 Å². The van der Waals surface area contributed by atoms with Gasteiger partial charge in [-0.05, 0) is 47.4 Å². The molecule has 22 heavy (non-hydrogen) atoms. The van der Waals surface area contributed by atoms with Crippen molar-refractivity contribution in [3.8, 4) is 5.75 Å². The molecule has 0 saturated carbocycles. The van der Waals surface area contributed by atoms with Crippen molar-refractivity contribution in [2.45, 2.75) is 12.5 Å². The first kappa shape index (κ1) is 13.3. The summed E-state index contributed by atoms with van der Waals surface area (Å²) in [5.74, 6) is 0.930. The number of nitrogens with zero attached hydrogens (tertiary/aromatic N) is 1. The van der Waals surface area contributed by atoms with Crippen molar-refractivity contribution >= 4 is 10.9 Å². The molecule has 4 rings (SSSR count). The normalized spacial score (nSPS) is 17.2. The minimum atomic E-state index is 0.211. The number of rotatable bonds is 2. The van der Waals surface area contributed by atoms with Gasteiger partial charge in [0, 0.05) is 18.1 Å². The highest BCUT2D eigenvalue weighted by Crippen LogP contribution is 2.33. The molecule has 0 radical (unpaired) electrons. The predicted molar refractivity (Wildman–Crippen MR) is 88.3 cm³/mol. The Morgan fingerprint density at radius 3 is 2.91 bits per heavy atom. The number of hydrogen-bond donors (Lipinski definition) is 1. The number of benzene rings is 2. The second-order valence-corrected chi connectivity index (χ2v) is 5.62. The molecule has 1 aromatic heterocycles. The molecule has 110 valence electrons. The van der Waals surface area contributed by atoms with Gasteiger partial charge in [-0.3, -0.25) is 4.98 Å². The third-order valence-corrected chi connectivity index (χ3v) is 4.40. The fourth-order valence-electron chi connectivity index (χ4n) is 3.32. The first-order valence-corrected chi connectivity index (χ1v) is 7.60. The summed E-state index contributed by atoms with van der Waals surface area (Å²) in [7, 11) is 1.72. The number of methoxy groups -OCH3 is 1. The van der Waals surface area contributed by atoms with Crippen LogP contribution in [-0.2, 0) is 6.42 Å². The van der Waals surface area contributed by atoms with Crippen LogP contribution in [0.1, 0.15) is 22.7 Å². The van der Waals surface area contributed by atoms with Crippen molar-refractivity contribution in [2.24, 2.45) is 0 Å². The topological polar surface area (TPSA) is 34.1 Å². The van der Waals surface area contributed by atoms with Gasteiger partial charge in [0.1, 0.15) is 5.75 Å². The van der Waals surface area contributed by atoms with E-state index in [1.807, 2.05) is 18.3 Å². The molecule has 0 spiro atoms. The Hall–Kier alpha value is -2.39. The molecule has 0 bridgehead atoms. The standard InChI is InChI=1S/C19H18N2O/c1-22-14-6-7-15-13(12-14)8-10-21-19(15)17-9-11-20-18-5-3-2-4-16(17)18/h2-7,9,11-12,19,21H,8,10H2,1H3. The molecule has 2 aromatic carbocycles. The molecule has 1 atom stereocenters. The molecular formula is C19H18N2O. The van der Waals surface area contributed by atoms with Gasteiger partial charge in [0.05, 0.1) is 18.7 Å². The SMILES string of the molecule is COc1ccc2c(c1)CCNC2c1ccnc2ccccc12. The fraction of sp³-hybridized carbons (Fsp3) is 0.211. The minimum absolute atomic E-state index is 0.211. The number of para-hydroxylation sites is 1. The summed E-state index contributed by atoms with van der Waals surface area (Å²) in [4.78, 5) is 4.47. The Morgan fingerprint density at radius 1 is 1.09 bits per heavy atom. The first-order valence-electron chi connectivity index (χ1n) is 7.60. The van der Waals surface area contributed by atoms with Crippen LogP contribution < -0.4 is 10.1 Å². The maximum atomic E-state index is 5.36. The van der Waals surface area contributed by atoms with E-state index in [4.69, 9.17) is 4.74 Å². The lowest BCUT2D eigenvalue weighted by molar-refractivity contribution is 0.413. The molecular weight excluding hydrogens is 272 g/mol. The summed E-state index contributed by atoms with van der Waals surface area (Å²) in [6, 6.07) is 17.0. The second kappa shape index (κ2) is 5.43. The van der Waals surface area contributed by atoms with E-state index in [0.717, 1.165) is 24.2 Å². The van der Waals surface area contributed by atoms with Crippen molar-refractivity contribution in [2.75, 3.05) is 13.7 Å². The maximum absolute atomic E-state index is 5.36. The Balaban J connectivity index is 1.87. The molecule has 0 fully saturated rings. The largest absolute Gasteiger partial charge is 0.497 e. The van der Waals surface area contributed by atoms with E-state index in [1.165, 1.54) is 22.1 Å². The number of hydrogen-bond acceptors (Lipinski definition) is 3. The van der Waals surface area contributed by atoms with Crippen LogP contribution in [0.25, 0.3) is 10.9 Å². The van der Waals surface area contributed by atoms with Gasteiger partial charge in [-0.2, -0.15) is 0 Å². The molecule has 3 heteroatoms. The van der Waals surface area contributed by atoms with Gasteiger partial charge in [-0.1, -0.05) is 24.3 Å². The zero-order chi connectivity index (χ0) is 14.9. The summed E-state index contributed by atoms with van der Waals surface area (Å²) >= 11 is 0. The van der Waals surface area contributed by atoms with Gasteiger partial charge in [-0.25, -0.2) is 0 Å². The van der Waals surface area contributed by atoms with Gasteiger partial charge < -0.3 is 10.1 Å². The molecule has 2 heterocycles. The van der Waals surface area contributed by atoms with Gasteiger partial charge in [0.2, 0.25) is 0 Å². The van der Waals surface area contributed by atoms with Crippen molar-refractivity contribution in [3.05, 3.63) is 71.4 Å². The van der Waals surface area contributed by atoms with Crippen LogP contribution in [0.4, 0.5) is 0 Å². The van der Waals surface area contributed by atoms with Crippen molar-refractivity contribution < 1.29 is 4.74 Å².